The van der Waals surface area contributed by atoms with Gasteiger partial charge in [-0.3, -0.25) is 0 Å². The lowest BCUT2D eigenvalue weighted by Gasteiger charge is -2.40. The van der Waals surface area contributed by atoms with E-state index in [-0.39, 0.29) is 5.41 Å². The molecule has 5 aliphatic rings. The van der Waals surface area contributed by atoms with E-state index in [1.165, 1.54) is 95.8 Å². The Kier molecular flexibility index (Phi) is 12.6. The van der Waals surface area contributed by atoms with Crippen LogP contribution in [0.5, 0.6) is 0 Å². The van der Waals surface area contributed by atoms with Gasteiger partial charge >= 0.3 is 0 Å². The van der Waals surface area contributed by atoms with E-state index in [1.807, 2.05) is 13.8 Å². The summed E-state index contributed by atoms with van der Waals surface area (Å²) in [6.45, 7) is 10.1. The minimum absolute atomic E-state index is 0.130. The molecule has 3 N–H and O–H groups in total. The number of thioether (sulfide) groups is 1. The molecule has 5 rings (SSSR count). The molecule has 0 bridgehead atoms. The van der Waals surface area contributed by atoms with Gasteiger partial charge in [-0.05, 0) is 163 Å². The fourth-order valence-electron chi connectivity index (χ4n) is 9.21. The Morgan fingerprint density at radius 1 is 0.977 bits per heavy atom. The monoisotopic (exact) mass is 627 g/mol. The van der Waals surface area contributed by atoms with Gasteiger partial charge in [0.15, 0.2) is 6.29 Å². The van der Waals surface area contributed by atoms with Crippen molar-refractivity contribution in [1.82, 2.24) is 4.90 Å². The maximum absolute atomic E-state index is 10.9. The van der Waals surface area contributed by atoms with Crippen LogP contribution < -0.4 is 0 Å². The highest BCUT2D eigenvalue weighted by atomic mass is 32.2. The third-order valence-electron chi connectivity index (χ3n) is 12.2. The van der Waals surface area contributed by atoms with E-state index < -0.39 is 11.9 Å². The van der Waals surface area contributed by atoms with Crippen LogP contribution >= 0.6 is 11.8 Å². The number of hydrogen-bond acceptors (Lipinski definition) is 5. The molecule has 0 aromatic rings. The Bertz CT molecular complexity index is 1010. The Morgan fingerprint density at radius 2 is 1.80 bits per heavy atom. The molecule has 1 aliphatic heterocycles. The summed E-state index contributed by atoms with van der Waals surface area (Å²) in [4.78, 5) is 2.69. The molecule has 0 aromatic carbocycles. The van der Waals surface area contributed by atoms with Crippen molar-refractivity contribution in [1.29, 1.82) is 0 Å². The first kappa shape index (κ1) is 34.7. The molecule has 5 heteroatoms. The molecule has 2 saturated carbocycles. The highest BCUT2D eigenvalue weighted by Crippen LogP contribution is 2.53. The summed E-state index contributed by atoms with van der Waals surface area (Å²) in [5.41, 5.74) is 3.56. The van der Waals surface area contributed by atoms with Gasteiger partial charge in [0.05, 0.1) is 5.60 Å². The molecule has 4 aliphatic carbocycles. The highest BCUT2D eigenvalue weighted by molar-refractivity contribution is 7.99. The van der Waals surface area contributed by atoms with Crippen LogP contribution in [0.3, 0.4) is 0 Å². The van der Waals surface area contributed by atoms with Gasteiger partial charge in [0.1, 0.15) is 0 Å². The number of allylic oxidation sites excluding steroid dienone is 4. The molecule has 5 atom stereocenters. The summed E-state index contributed by atoms with van der Waals surface area (Å²) in [5.74, 6) is 4.50. The van der Waals surface area contributed by atoms with Gasteiger partial charge in [-0.1, -0.05) is 50.0 Å². The van der Waals surface area contributed by atoms with Crippen molar-refractivity contribution in [2.45, 2.75) is 153 Å². The van der Waals surface area contributed by atoms with Crippen molar-refractivity contribution in [2.75, 3.05) is 25.4 Å². The molecule has 5 unspecified atom stereocenters. The molecule has 1 heterocycles. The van der Waals surface area contributed by atoms with Gasteiger partial charge in [0.25, 0.3) is 0 Å². The Hall–Kier alpha value is -0.590. The second kappa shape index (κ2) is 16.0. The molecule has 0 spiro atoms. The van der Waals surface area contributed by atoms with E-state index in [0.29, 0.717) is 17.6 Å². The fourth-order valence-corrected chi connectivity index (χ4v) is 10.9. The predicted molar refractivity (Wildman–Crippen MR) is 187 cm³/mol. The van der Waals surface area contributed by atoms with E-state index in [1.54, 1.807) is 5.57 Å². The number of piperidine rings is 1. The molecule has 3 fully saturated rings. The molecule has 44 heavy (non-hydrogen) atoms. The first-order valence-electron chi connectivity index (χ1n) is 18.7. The number of fused-ring (bicyclic) bond motifs is 1. The van der Waals surface area contributed by atoms with Crippen LogP contribution in [0.25, 0.3) is 0 Å². The molecule has 250 valence electrons. The molecule has 0 radical (unpaired) electrons. The van der Waals surface area contributed by atoms with Crippen LogP contribution in [-0.2, 0) is 0 Å². The summed E-state index contributed by atoms with van der Waals surface area (Å²) in [5, 5.41) is 30.9. The Morgan fingerprint density at radius 3 is 2.55 bits per heavy atom. The van der Waals surface area contributed by atoms with E-state index in [0.717, 1.165) is 67.6 Å². The minimum Gasteiger partial charge on any atom is -0.386 e. The van der Waals surface area contributed by atoms with Gasteiger partial charge in [0, 0.05) is 18.2 Å². The predicted octanol–water partition coefficient (Wildman–Crippen LogP) is 8.81. The summed E-state index contributed by atoms with van der Waals surface area (Å²) in [6, 6.07) is 0. The third kappa shape index (κ3) is 9.96. The van der Waals surface area contributed by atoms with Crippen molar-refractivity contribution < 1.29 is 15.3 Å². The van der Waals surface area contributed by atoms with Gasteiger partial charge in [-0.25, -0.2) is 0 Å². The van der Waals surface area contributed by atoms with E-state index in [2.05, 4.69) is 41.8 Å². The lowest BCUT2D eigenvalue weighted by molar-refractivity contribution is -0.0568. The number of likely N-dealkylation sites (tertiary alicyclic amines) is 1. The average molecular weight is 628 g/mol. The van der Waals surface area contributed by atoms with Crippen molar-refractivity contribution in [3.63, 3.8) is 0 Å². The summed E-state index contributed by atoms with van der Waals surface area (Å²) in [7, 11) is 0. The first-order chi connectivity index (χ1) is 21.1. The van der Waals surface area contributed by atoms with Crippen molar-refractivity contribution in [3.05, 3.63) is 34.9 Å². The number of rotatable bonds is 14. The van der Waals surface area contributed by atoms with Crippen LogP contribution in [0.1, 0.15) is 136 Å². The normalized spacial score (nSPS) is 30.5. The zero-order chi connectivity index (χ0) is 31.2. The number of hydrogen-bond donors (Lipinski definition) is 3. The number of aliphatic hydroxyl groups excluding tert-OH is 1. The van der Waals surface area contributed by atoms with Gasteiger partial charge in [0.2, 0.25) is 0 Å². The standard InChI is InChI=1S/C39H65NO3S/c1-4-40-24-21-31-18-17-29(9-7-13-34(31)27-40)15-16-30-10-8-12-33(25-30)36(44-28-39(22-23-39)26-37(41)42)20-19-32-11-5-6-14-35(32)38(2,3)43/h11,14,25,29,31,33-34,36-37,41-43H,4-10,12-13,15-24,26-28H2,1-3H3. The number of nitrogens with zero attached hydrogens (tertiary/aromatic N) is 1. The largest absolute Gasteiger partial charge is 0.386 e. The van der Waals surface area contributed by atoms with Crippen LogP contribution in [0.2, 0.25) is 0 Å². The maximum atomic E-state index is 10.9. The maximum Gasteiger partial charge on any atom is 0.152 e. The van der Waals surface area contributed by atoms with Crippen LogP contribution in [-0.4, -0.2) is 62.7 Å². The number of aliphatic hydroxyl groups is 3. The smallest absolute Gasteiger partial charge is 0.152 e. The van der Waals surface area contributed by atoms with Crippen LogP contribution in [0, 0.1) is 29.1 Å². The van der Waals surface area contributed by atoms with Gasteiger partial charge < -0.3 is 20.2 Å². The fraction of sp³-hybridized carbons (Fsp3) is 0.846. The first-order valence-corrected chi connectivity index (χ1v) is 19.7. The molecular formula is C39H65NO3S. The molecule has 0 aromatic heterocycles. The summed E-state index contributed by atoms with van der Waals surface area (Å²) >= 11 is 2.12. The molecular weight excluding hydrogens is 563 g/mol. The second-order valence-electron chi connectivity index (χ2n) is 16.1. The quantitative estimate of drug-likeness (QED) is 0.133. The van der Waals surface area contributed by atoms with E-state index >= 15 is 0 Å². The van der Waals surface area contributed by atoms with Gasteiger partial charge in [-0.15, -0.1) is 0 Å². The minimum atomic E-state index is -1.19. The topological polar surface area (TPSA) is 63.9 Å². The lowest BCUT2D eigenvalue weighted by atomic mass is 9.74. The van der Waals surface area contributed by atoms with Crippen molar-refractivity contribution in [2.24, 2.45) is 29.1 Å². The zero-order valence-electron chi connectivity index (χ0n) is 28.4. The van der Waals surface area contributed by atoms with Gasteiger partial charge in [-0.2, -0.15) is 11.8 Å². The summed E-state index contributed by atoms with van der Waals surface area (Å²) in [6.07, 6.45) is 28.5. The molecule has 0 amide bonds. The van der Waals surface area contributed by atoms with Crippen LogP contribution in [0.4, 0.5) is 0 Å². The summed E-state index contributed by atoms with van der Waals surface area (Å²) < 4.78 is 0. The van der Waals surface area contributed by atoms with Crippen LogP contribution in [0.15, 0.2) is 34.9 Å². The Labute approximate surface area is 274 Å². The SMILES string of the molecule is CCN1CCC2CCC(CCC3=CC(C(CCC4=CCCC=C4C(C)(C)O)SCC4(CC(O)O)CC4)CCC3)CCCC2C1. The van der Waals surface area contributed by atoms with Crippen molar-refractivity contribution in [3.8, 4) is 0 Å². The third-order valence-corrected chi connectivity index (χ3v) is 14.0. The lowest BCUT2D eigenvalue weighted by Crippen LogP contribution is -2.40. The van der Waals surface area contributed by atoms with E-state index in [4.69, 9.17) is 0 Å². The zero-order valence-corrected chi connectivity index (χ0v) is 29.3. The Balaban J connectivity index is 1.19. The molecule has 1 saturated heterocycles. The second-order valence-corrected chi connectivity index (χ2v) is 17.3. The molecule has 4 nitrogen and oxygen atoms in total. The van der Waals surface area contributed by atoms with E-state index in [9.17, 15) is 15.3 Å². The average Bonchev–Trinajstić information content (AvgIpc) is 3.75. The highest BCUT2D eigenvalue weighted by Gasteiger charge is 2.44. The van der Waals surface area contributed by atoms with Crippen molar-refractivity contribution >= 4 is 11.8 Å².